The fourth-order valence-corrected chi connectivity index (χ4v) is 11.3. The molecule has 0 radical (unpaired) electrons. The molecule has 2 saturated heterocycles. The smallest absolute Gasteiger partial charge is 0.324 e. The number of carboxylic acids is 1. The van der Waals surface area contributed by atoms with Gasteiger partial charge in [0.25, 0.3) is 11.8 Å². The maximum Gasteiger partial charge on any atom is 0.324 e. The number of carbonyl (C=O) groups excluding carboxylic acids is 4. The Morgan fingerprint density at radius 1 is 0.453 bits per heavy atom. The van der Waals surface area contributed by atoms with Crippen molar-refractivity contribution in [2.75, 3.05) is 32.8 Å². The average molecular weight is 1280 g/mol. The van der Waals surface area contributed by atoms with E-state index in [1.807, 2.05) is 170 Å². The molecule has 1 N–H and O–H groups in total. The van der Waals surface area contributed by atoms with Gasteiger partial charge >= 0.3 is 23.9 Å². The van der Waals surface area contributed by atoms with Crippen molar-refractivity contribution in [3.05, 3.63) is 240 Å². The van der Waals surface area contributed by atoms with E-state index in [-0.39, 0.29) is 68.1 Å². The molecular weight excluding hydrogens is 1210 g/mol. The van der Waals surface area contributed by atoms with Crippen molar-refractivity contribution in [1.29, 1.82) is 0 Å². The maximum atomic E-state index is 15.0. The van der Waals surface area contributed by atoms with Crippen LogP contribution in [0.2, 0.25) is 0 Å². The summed E-state index contributed by atoms with van der Waals surface area (Å²) in [6, 6.07) is 62.2. The summed E-state index contributed by atoms with van der Waals surface area (Å²) in [5, 5.41) is 18.2. The minimum Gasteiger partial charge on any atom is -0.480 e. The molecular formula is C76H70F2N6O11. The van der Waals surface area contributed by atoms with E-state index in [0.717, 1.165) is 44.5 Å². The quantitative estimate of drug-likeness (QED) is 0.0426. The molecule has 0 spiro atoms. The fraction of sp³-hybridized carbons (Fsp3) is 0.250. The number of hydrogen-bond donors (Lipinski definition) is 1. The molecule has 0 bridgehead atoms. The lowest BCUT2D eigenvalue weighted by Gasteiger charge is -2.38. The molecule has 95 heavy (non-hydrogen) atoms. The SMILES string of the molecule is CC(C)(C)C(=O)COC(=O)C1(C(=O)OCc2ccccc2)CCN(Cc2ccc(-c3noc(-c4ccc(-c5ccccc5)c(F)c4)n3)cc2)CC1.O=C(O)C1(C(=O)OCc2ccccc2)CCN(Cc2ccc(-c3noc(-c4ccc(-c5ccccc5)c(F)c4)n3)cc2)CC1. The number of rotatable bonds is 20. The van der Waals surface area contributed by atoms with E-state index in [2.05, 4.69) is 30.1 Å². The van der Waals surface area contributed by atoms with Crippen LogP contribution in [0, 0.1) is 27.9 Å². The normalized spacial score (nSPS) is 14.6. The van der Waals surface area contributed by atoms with E-state index >= 15 is 0 Å². The molecule has 8 aromatic carbocycles. The number of piperidine rings is 2. The Balaban J connectivity index is 0.000000195. The molecule has 0 unspecified atom stereocenters. The van der Waals surface area contributed by atoms with E-state index in [1.54, 1.807) is 45.0 Å². The first-order valence-corrected chi connectivity index (χ1v) is 31.3. The lowest BCUT2D eigenvalue weighted by molar-refractivity contribution is -0.179. The van der Waals surface area contributed by atoms with Crippen molar-refractivity contribution in [3.63, 3.8) is 0 Å². The largest absolute Gasteiger partial charge is 0.480 e. The molecule has 484 valence electrons. The maximum absolute atomic E-state index is 15.0. The number of nitrogens with zero attached hydrogens (tertiary/aromatic N) is 6. The summed E-state index contributed by atoms with van der Waals surface area (Å²) in [6.45, 7) is 7.91. The Labute approximate surface area is 548 Å². The first-order valence-electron chi connectivity index (χ1n) is 31.3. The van der Waals surface area contributed by atoms with Crippen LogP contribution in [0.1, 0.15) is 68.7 Å². The highest BCUT2D eigenvalue weighted by atomic mass is 19.1. The second-order valence-electron chi connectivity index (χ2n) is 24.8. The van der Waals surface area contributed by atoms with Gasteiger partial charge in [-0.15, -0.1) is 0 Å². The van der Waals surface area contributed by atoms with E-state index < -0.39 is 46.7 Å². The van der Waals surface area contributed by atoms with Gasteiger partial charge in [0, 0.05) is 78.1 Å². The van der Waals surface area contributed by atoms with Crippen LogP contribution in [0.25, 0.3) is 67.9 Å². The van der Waals surface area contributed by atoms with Crippen molar-refractivity contribution in [3.8, 4) is 67.9 Å². The first-order chi connectivity index (χ1) is 45.9. The minimum atomic E-state index is -1.55. The standard InChI is InChI=1S/C41H40FN3O6.C35H30FN3O5/c1-40(2,3)35(46)27-50-39(48)41(38(47)49-26-29-10-6-4-7-11-29)20-22-45(23-21-41)25-28-14-16-31(17-15-28)36-43-37(51-44-36)32-18-19-33(34(42)24-32)30-12-8-5-9-13-30;36-30-21-28(15-16-29(30)26-9-5-2-6-10-26)32-37-31(38-44-32)27-13-11-24(12-14-27)22-39-19-17-35(18-20-39,33(40)41)34(42)43-23-25-7-3-1-4-8-25/h4-19,24H,20-23,25-27H2,1-3H3;1-16,21H,17-20,22-23H2,(H,40,41). The van der Waals surface area contributed by atoms with Gasteiger partial charge < -0.3 is 28.4 Å². The Morgan fingerprint density at radius 3 is 1.19 bits per heavy atom. The molecule has 0 amide bonds. The number of ketones is 1. The topological polar surface area (TPSA) is 218 Å². The van der Waals surface area contributed by atoms with Crippen LogP contribution in [-0.4, -0.2) is 97.6 Å². The van der Waals surface area contributed by atoms with Crippen LogP contribution in [0.4, 0.5) is 8.78 Å². The number of ether oxygens (including phenoxy) is 3. The Kier molecular flexibility index (Phi) is 20.5. The number of hydrogen-bond acceptors (Lipinski definition) is 16. The number of carbonyl (C=O) groups is 5. The molecule has 12 rings (SSSR count). The average Bonchev–Trinajstić information content (AvgIpc) is 1.49. The summed E-state index contributed by atoms with van der Waals surface area (Å²) in [4.78, 5) is 77.9. The van der Waals surface area contributed by atoms with Crippen LogP contribution in [0.3, 0.4) is 0 Å². The molecule has 4 heterocycles. The monoisotopic (exact) mass is 1280 g/mol. The van der Waals surface area contributed by atoms with Gasteiger partial charge in [0.1, 0.15) is 24.8 Å². The zero-order valence-electron chi connectivity index (χ0n) is 52.8. The summed E-state index contributed by atoms with van der Waals surface area (Å²) in [5.74, 6) is -2.98. The van der Waals surface area contributed by atoms with Gasteiger partial charge in [-0.05, 0) is 83.3 Å². The third-order valence-corrected chi connectivity index (χ3v) is 17.3. The molecule has 0 aliphatic carbocycles. The predicted octanol–water partition coefficient (Wildman–Crippen LogP) is 14.3. The summed E-state index contributed by atoms with van der Waals surface area (Å²) >= 11 is 0. The Morgan fingerprint density at radius 2 is 0.811 bits per heavy atom. The minimum absolute atomic E-state index is 0.0327. The second-order valence-corrected chi connectivity index (χ2v) is 24.8. The van der Waals surface area contributed by atoms with Crippen LogP contribution in [0.15, 0.2) is 215 Å². The molecule has 17 nitrogen and oxygen atoms in total. The highest BCUT2D eigenvalue weighted by molar-refractivity contribution is 6.01. The lowest BCUT2D eigenvalue weighted by atomic mass is 9.78. The number of esters is 3. The molecule has 10 aromatic rings. The molecule has 2 aromatic heterocycles. The van der Waals surface area contributed by atoms with Gasteiger partial charge in [-0.25, -0.2) is 8.78 Å². The van der Waals surface area contributed by atoms with Crippen LogP contribution in [-0.2, 0) is 64.5 Å². The summed E-state index contributed by atoms with van der Waals surface area (Å²) < 4.78 is 57.3. The van der Waals surface area contributed by atoms with Crippen LogP contribution < -0.4 is 0 Å². The lowest BCUT2D eigenvalue weighted by Crippen LogP contribution is -2.50. The molecule has 0 saturated carbocycles. The summed E-state index contributed by atoms with van der Waals surface area (Å²) in [7, 11) is 0. The fourth-order valence-electron chi connectivity index (χ4n) is 11.3. The zero-order valence-corrected chi connectivity index (χ0v) is 52.8. The third-order valence-electron chi connectivity index (χ3n) is 17.3. The summed E-state index contributed by atoms with van der Waals surface area (Å²) in [6.07, 6.45) is 0.735. The highest BCUT2D eigenvalue weighted by Gasteiger charge is 2.52. The van der Waals surface area contributed by atoms with Gasteiger partial charge in [0.05, 0.1) is 0 Å². The Hall–Kier alpha value is -10.6. The number of aliphatic carboxylic acids is 1. The van der Waals surface area contributed by atoms with Crippen LogP contribution in [0.5, 0.6) is 0 Å². The molecule has 2 aliphatic heterocycles. The second kappa shape index (κ2) is 29.5. The molecule has 19 heteroatoms. The number of halogens is 2. The van der Waals surface area contributed by atoms with Gasteiger partial charge in [0.2, 0.25) is 11.6 Å². The molecule has 2 aliphatic rings. The van der Waals surface area contributed by atoms with Gasteiger partial charge in [0.15, 0.2) is 23.2 Å². The van der Waals surface area contributed by atoms with Gasteiger partial charge in [-0.3, -0.25) is 33.8 Å². The number of likely N-dealkylation sites (tertiary alicyclic amines) is 2. The van der Waals surface area contributed by atoms with Crippen molar-refractivity contribution in [2.45, 2.75) is 72.8 Å². The van der Waals surface area contributed by atoms with E-state index in [4.69, 9.17) is 23.3 Å². The van der Waals surface area contributed by atoms with Crippen molar-refractivity contribution < 1.29 is 61.1 Å². The number of Topliss-reactive ketones (excluding diaryl/α,β-unsaturated/α-hetero) is 1. The number of carboxylic acid groups (broad SMARTS) is 1. The number of benzene rings is 8. The third kappa shape index (κ3) is 15.9. The highest BCUT2D eigenvalue weighted by Crippen LogP contribution is 2.38. The van der Waals surface area contributed by atoms with Gasteiger partial charge in [-0.1, -0.05) is 213 Å². The molecule has 2 fully saturated rings. The van der Waals surface area contributed by atoms with Crippen molar-refractivity contribution in [2.24, 2.45) is 16.2 Å². The first kappa shape index (κ1) is 65.8. The van der Waals surface area contributed by atoms with E-state index in [1.165, 1.54) is 12.1 Å². The van der Waals surface area contributed by atoms with E-state index in [9.17, 15) is 37.9 Å². The summed E-state index contributed by atoms with van der Waals surface area (Å²) in [5.41, 5.74) is 4.93. The molecule has 0 atom stereocenters. The Bertz CT molecular complexity index is 4280. The zero-order chi connectivity index (χ0) is 66.5. The van der Waals surface area contributed by atoms with Crippen molar-refractivity contribution in [1.82, 2.24) is 30.1 Å². The van der Waals surface area contributed by atoms with Gasteiger partial charge in [-0.2, -0.15) is 9.97 Å². The number of aromatic nitrogens is 4. The predicted molar refractivity (Wildman–Crippen MR) is 351 cm³/mol. The van der Waals surface area contributed by atoms with Crippen LogP contribution >= 0.6 is 0 Å². The van der Waals surface area contributed by atoms with E-state index in [0.29, 0.717) is 73.2 Å². The van der Waals surface area contributed by atoms with Crippen molar-refractivity contribution >= 4 is 29.7 Å².